The molecule has 0 saturated carbocycles. The normalized spacial score (nSPS) is 17.1. The van der Waals surface area contributed by atoms with E-state index in [0.717, 1.165) is 44.3 Å². The zero-order chi connectivity index (χ0) is 15.2. The molecule has 1 aromatic rings. The van der Waals surface area contributed by atoms with Gasteiger partial charge in [0.25, 0.3) is 0 Å². The largest absolute Gasteiger partial charge is 0.370 e. The number of benzene rings is 1. The molecule has 21 heavy (non-hydrogen) atoms. The summed E-state index contributed by atoms with van der Waals surface area (Å²) >= 11 is 6.05. The second-order valence-corrected chi connectivity index (χ2v) is 5.88. The first-order valence-electron chi connectivity index (χ1n) is 7.26. The van der Waals surface area contributed by atoms with E-state index in [0.29, 0.717) is 5.96 Å². The number of piperazine rings is 1. The summed E-state index contributed by atoms with van der Waals surface area (Å²) in [6.45, 7) is 5.84. The van der Waals surface area contributed by atoms with Crippen molar-refractivity contribution in [2.45, 2.75) is 0 Å². The number of rotatable bonds is 4. The molecular formula is C15H24ClN5. The minimum Gasteiger partial charge on any atom is -0.370 e. The summed E-state index contributed by atoms with van der Waals surface area (Å²) in [6, 6.07) is 8.06. The predicted molar refractivity (Wildman–Crippen MR) is 90.3 cm³/mol. The lowest BCUT2D eigenvalue weighted by atomic mass is 10.2. The van der Waals surface area contributed by atoms with Crippen LogP contribution in [0.25, 0.3) is 0 Å². The van der Waals surface area contributed by atoms with Gasteiger partial charge in [-0.2, -0.15) is 0 Å². The zero-order valence-electron chi connectivity index (χ0n) is 12.8. The number of halogens is 1. The molecule has 116 valence electrons. The van der Waals surface area contributed by atoms with Crippen molar-refractivity contribution in [3.05, 3.63) is 29.3 Å². The first-order chi connectivity index (χ1) is 10.1. The monoisotopic (exact) mass is 309 g/mol. The lowest BCUT2D eigenvalue weighted by molar-refractivity contribution is 0.265. The van der Waals surface area contributed by atoms with Gasteiger partial charge in [-0.15, -0.1) is 0 Å². The fourth-order valence-electron chi connectivity index (χ4n) is 2.35. The van der Waals surface area contributed by atoms with Gasteiger partial charge in [0.15, 0.2) is 5.96 Å². The molecule has 1 heterocycles. The van der Waals surface area contributed by atoms with Gasteiger partial charge in [-0.05, 0) is 18.2 Å². The summed E-state index contributed by atoms with van der Waals surface area (Å²) in [6.07, 6.45) is 0. The second kappa shape index (κ2) is 7.52. The third-order valence-electron chi connectivity index (χ3n) is 3.69. The van der Waals surface area contributed by atoms with Gasteiger partial charge in [-0.1, -0.05) is 17.7 Å². The molecule has 0 aromatic heterocycles. The van der Waals surface area contributed by atoms with Crippen molar-refractivity contribution in [3.8, 4) is 0 Å². The van der Waals surface area contributed by atoms with Crippen molar-refractivity contribution < 1.29 is 0 Å². The Morgan fingerprint density at radius 3 is 2.62 bits per heavy atom. The van der Waals surface area contributed by atoms with Crippen LogP contribution in [0.3, 0.4) is 0 Å². The smallest absolute Gasteiger partial charge is 0.190 e. The molecule has 1 aliphatic heterocycles. The highest BCUT2D eigenvalue weighted by Crippen LogP contribution is 2.20. The van der Waals surface area contributed by atoms with Crippen LogP contribution in [0.1, 0.15) is 0 Å². The Bertz CT molecular complexity index is 481. The van der Waals surface area contributed by atoms with E-state index in [1.807, 2.05) is 37.2 Å². The number of aliphatic imine (C=N–C) groups is 1. The minimum atomic E-state index is 0.590. The standard InChI is InChI=1S/C15H24ClN5/c1-19(2)15(17)18-6-7-20-8-10-21(11-9-20)14-5-3-4-13(16)12-14/h3-5,12H,6-11H2,1-2H3,(H2,17,18). The van der Waals surface area contributed by atoms with Gasteiger partial charge in [0.1, 0.15) is 0 Å². The van der Waals surface area contributed by atoms with E-state index < -0.39 is 0 Å². The molecule has 6 heteroatoms. The Morgan fingerprint density at radius 1 is 1.29 bits per heavy atom. The molecule has 0 radical (unpaired) electrons. The van der Waals surface area contributed by atoms with Crippen LogP contribution in [-0.4, -0.2) is 69.1 Å². The van der Waals surface area contributed by atoms with Crippen molar-refractivity contribution in [1.82, 2.24) is 9.80 Å². The Labute approximate surface area is 132 Å². The predicted octanol–water partition coefficient (Wildman–Crippen LogP) is 1.34. The molecule has 1 aromatic carbocycles. The molecule has 1 fully saturated rings. The summed E-state index contributed by atoms with van der Waals surface area (Å²) in [7, 11) is 3.81. The van der Waals surface area contributed by atoms with Gasteiger partial charge in [0.2, 0.25) is 0 Å². The lowest BCUT2D eigenvalue weighted by Crippen LogP contribution is -2.47. The van der Waals surface area contributed by atoms with Crippen molar-refractivity contribution in [2.75, 3.05) is 58.3 Å². The SMILES string of the molecule is CN(C)C(N)=NCCN1CCN(c2cccc(Cl)c2)CC1. The maximum atomic E-state index is 6.05. The van der Waals surface area contributed by atoms with Crippen molar-refractivity contribution >= 4 is 23.2 Å². The van der Waals surface area contributed by atoms with Crippen LogP contribution in [0.15, 0.2) is 29.3 Å². The summed E-state index contributed by atoms with van der Waals surface area (Å²) in [5.74, 6) is 0.590. The molecular weight excluding hydrogens is 286 g/mol. The number of hydrogen-bond acceptors (Lipinski definition) is 3. The summed E-state index contributed by atoms with van der Waals surface area (Å²) < 4.78 is 0. The number of nitrogens with two attached hydrogens (primary N) is 1. The molecule has 1 saturated heterocycles. The van der Waals surface area contributed by atoms with Crippen LogP contribution >= 0.6 is 11.6 Å². The Balaban J connectivity index is 1.77. The van der Waals surface area contributed by atoms with Crippen LogP contribution in [0.4, 0.5) is 5.69 Å². The van der Waals surface area contributed by atoms with E-state index in [4.69, 9.17) is 17.3 Å². The maximum Gasteiger partial charge on any atom is 0.190 e. The van der Waals surface area contributed by atoms with Gasteiger partial charge in [-0.25, -0.2) is 0 Å². The van der Waals surface area contributed by atoms with Crippen molar-refractivity contribution in [1.29, 1.82) is 0 Å². The number of hydrogen-bond donors (Lipinski definition) is 1. The van der Waals surface area contributed by atoms with Crippen LogP contribution in [0, 0.1) is 0 Å². The van der Waals surface area contributed by atoms with Gasteiger partial charge in [0.05, 0.1) is 6.54 Å². The Morgan fingerprint density at radius 2 is 2.00 bits per heavy atom. The molecule has 0 atom stereocenters. The van der Waals surface area contributed by atoms with Crippen molar-refractivity contribution in [2.24, 2.45) is 10.7 Å². The van der Waals surface area contributed by atoms with E-state index in [2.05, 4.69) is 20.9 Å². The quantitative estimate of drug-likeness (QED) is 0.673. The van der Waals surface area contributed by atoms with E-state index in [1.165, 1.54) is 5.69 Å². The van der Waals surface area contributed by atoms with Gasteiger partial charge in [0, 0.05) is 57.5 Å². The molecule has 2 rings (SSSR count). The molecule has 1 aliphatic rings. The molecule has 5 nitrogen and oxygen atoms in total. The van der Waals surface area contributed by atoms with Crippen LogP contribution in [-0.2, 0) is 0 Å². The van der Waals surface area contributed by atoms with E-state index in [-0.39, 0.29) is 0 Å². The summed E-state index contributed by atoms with van der Waals surface area (Å²) in [4.78, 5) is 11.0. The summed E-state index contributed by atoms with van der Waals surface area (Å²) in [5, 5.41) is 0.795. The summed E-state index contributed by atoms with van der Waals surface area (Å²) in [5.41, 5.74) is 6.99. The van der Waals surface area contributed by atoms with Crippen molar-refractivity contribution in [3.63, 3.8) is 0 Å². The van der Waals surface area contributed by atoms with Gasteiger partial charge in [-0.3, -0.25) is 9.89 Å². The first-order valence-corrected chi connectivity index (χ1v) is 7.64. The molecule has 0 unspecified atom stereocenters. The number of guanidine groups is 1. The average molecular weight is 310 g/mol. The first kappa shape index (κ1) is 15.9. The maximum absolute atomic E-state index is 6.05. The topological polar surface area (TPSA) is 48.1 Å². The molecule has 0 spiro atoms. The lowest BCUT2D eigenvalue weighted by Gasteiger charge is -2.36. The fraction of sp³-hybridized carbons (Fsp3) is 0.533. The molecule has 0 amide bonds. The number of nitrogens with zero attached hydrogens (tertiary/aromatic N) is 4. The van der Waals surface area contributed by atoms with E-state index in [1.54, 1.807) is 0 Å². The Kier molecular flexibility index (Phi) is 5.70. The molecule has 0 bridgehead atoms. The van der Waals surface area contributed by atoms with E-state index in [9.17, 15) is 0 Å². The van der Waals surface area contributed by atoms with Gasteiger partial charge >= 0.3 is 0 Å². The van der Waals surface area contributed by atoms with Crippen LogP contribution < -0.4 is 10.6 Å². The average Bonchev–Trinajstić information content (AvgIpc) is 2.47. The fourth-order valence-corrected chi connectivity index (χ4v) is 2.53. The zero-order valence-corrected chi connectivity index (χ0v) is 13.6. The third kappa shape index (κ3) is 4.79. The number of anilines is 1. The minimum absolute atomic E-state index is 0.590. The molecule has 0 aliphatic carbocycles. The Hall–Kier alpha value is -1.46. The van der Waals surface area contributed by atoms with E-state index >= 15 is 0 Å². The highest BCUT2D eigenvalue weighted by atomic mass is 35.5. The van der Waals surface area contributed by atoms with Crippen LogP contribution in [0.5, 0.6) is 0 Å². The van der Waals surface area contributed by atoms with Gasteiger partial charge < -0.3 is 15.5 Å². The highest BCUT2D eigenvalue weighted by Gasteiger charge is 2.16. The molecule has 2 N–H and O–H groups in total. The highest BCUT2D eigenvalue weighted by molar-refractivity contribution is 6.30. The van der Waals surface area contributed by atoms with Crippen LogP contribution in [0.2, 0.25) is 5.02 Å². The second-order valence-electron chi connectivity index (χ2n) is 5.44. The third-order valence-corrected chi connectivity index (χ3v) is 3.93.